The summed E-state index contributed by atoms with van der Waals surface area (Å²) in [5.41, 5.74) is 1.76. The van der Waals surface area contributed by atoms with Gasteiger partial charge in [0, 0.05) is 36.5 Å². The maximum atomic E-state index is 14.6. The first-order chi connectivity index (χ1) is 13.3. The van der Waals surface area contributed by atoms with Gasteiger partial charge in [-0.25, -0.2) is 13.9 Å². The van der Waals surface area contributed by atoms with E-state index < -0.39 is 0 Å². The predicted molar refractivity (Wildman–Crippen MR) is 102 cm³/mol. The molecule has 4 bridgehead atoms. The number of aromatic nitrogens is 3. The first-order valence-electron chi connectivity index (χ1n) is 9.53. The average Bonchev–Trinajstić information content (AvgIpc) is 3.11. The van der Waals surface area contributed by atoms with Crippen LogP contribution in [0, 0.1) is 5.82 Å². The van der Waals surface area contributed by atoms with Crippen molar-refractivity contribution in [2.24, 2.45) is 0 Å². The van der Waals surface area contributed by atoms with E-state index >= 15 is 0 Å². The van der Waals surface area contributed by atoms with Crippen LogP contribution in [0.25, 0.3) is 16.8 Å². The lowest BCUT2D eigenvalue weighted by molar-refractivity contribution is 0.104. The Morgan fingerprint density at radius 3 is 3.07 bits per heavy atom. The Balaban J connectivity index is 1.59. The molecular formula is C20H22FN5O. The van der Waals surface area contributed by atoms with E-state index in [-0.39, 0.29) is 5.82 Å². The Kier molecular flexibility index (Phi) is 4.16. The molecule has 2 aliphatic rings. The normalized spacial score (nSPS) is 20.6. The number of halogens is 1. The molecule has 2 aromatic heterocycles. The number of nitrogens with one attached hydrogen (secondary N) is 1. The Morgan fingerprint density at radius 1 is 1.15 bits per heavy atom. The molecule has 6 nitrogen and oxygen atoms in total. The summed E-state index contributed by atoms with van der Waals surface area (Å²) in [6.45, 7) is 3.46. The van der Waals surface area contributed by atoms with E-state index in [1.165, 1.54) is 18.9 Å². The van der Waals surface area contributed by atoms with Crippen molar-refractivity contribution in [1.82, 2.24) is 19.5 Å². The first-order valence-corrected chi connectivity index (χ1v) is 9.53. The number of nitrogens with zero attached hydrogens (tertiary/aromatic N) is 4. The summed E-state index contributed by atoms with van der Waals surface area (Å²) < 4.78 is 22.3. The Hall–Kier alpha value is -2.67. The van der Waals surface area contributed by atoms with Crippen molar-refractivity contribution in [3.63, 3.8) is 0 Å². The zero-order chi connectivity index (χ0) is 18.2. The number of hydrogen-bond acceptors (Lipinski definition) is 5. The number of rotatable bonds is 0. The number of hydrogen-bond donors (Lipinski definition) is 1. The fourth-order valence-corrected chi connectivity index (χ4v) is 4.02. The summed E-state index contributed by atoms with van der Waals surface area (Å²) in [5.74, 6) is 1.16. The third-order valence-corrected chi connectivity index (χ3v) is 5.49. The van der Waals surface area contributed by atoms with Gasteiger partial charge in [0.15, 0.2) is 5.65 Å². The molecule has 27 heavy (non-hydrogen) atoms. The number of benzene rings is 1. The van der Waals surface area contributed by atoms with Gasteiger partial charge in [-0.15, -0.1) is 0 Å². The minimum absolute atomic E-state index is 0.302. The van der Waals surface area contributed by atoms with E-state index in [0.29, 0.717) is 35.2 Å². The van der Waals surface area contributed by atoms with Crippen molar-refractivity contribution in [2.45, 2.75) is 25.3 Å². The highest BCUT2D eigenvalue weighted by Gasteiger charge is 2.23. The lowest BCUT2D eigenvalue weighted by Crippen LogP contribution is -2.45. The third kappa shape index (κ3) is 3.12. The minimum atomic E-state index is -0.302. The van der Waals surface area contributed by atoms with Crippen molar-refractivity contribution in [3.8, 4) is 16.9 Å². The molecule has 4 heterocycles. The van der Waals surface area contributed by atoms with E-state index in [2.05, 4.69) is 20.3 Å². The molecule has 7 heteroatoms. The SMILES string of the molecule is Fc1ccc2cc1-c1cnn3ccc(nc13)NCCN1CCCC[C@H]1CO2. The zero-order valence-corrected chi connectivity index (χ0v) is 15.1. The number of anilines is 1. The third-order valence-electron chi connectivity index (χ3n) is 5.49. The highest BCUT2D eigenvalue weighted by molar-refractivity contribution is 5.78. The van der Waals surface area contributed by atoms with Gasteiger partial charge in [0.2, 0.25) is 0 Å². The van der Waals surface area contributed by atoms with Crippen LogP contribution in [0.4, 0.5) is 10.2 Å². The zero-order valence-electron chi connectivity index (χ0n) is 15.1. The summed E-state index contributed by atoms with van der Waals surface area (Å²) in [7, 11) is 0. The Morgan fingerprint density at radius 2 is 2.11 bits per heavy atom. The highest BCUT2D eigenvalue weighted by atomic mass is 19.1. The van der Waals surface area contributed by atoms with Crippen molar-refractivity contribution in [1.29, 1.82) is 0 Å². The van der Waals surface area contributed by atoms with E-state index in [1.54, 1.807) is 22.8 Å². The van der Waals surface area contributed by atoms with Crippen molar-refractivity contribution >= 4 is 11.5 Å². The monoisotopic (exact) mass is 367 g/mol. The van der Waals surface area contributed by atoms with Crippen LogP contribution in [0.15, 0.2) is 36.7 Å². The van der Waals surface area contributed by atoms with Crippen LogP contribution in [-0.2, 0) is 0 Å². The molecule has 0 aliphatic carbocycles. The molecule has 3 aromatic rings. The van der Waals surface area contributed by atoms with Gasteiger partial charge in [0.1, 0.15) is 24.0 Å². The largest absolute Gasteiger partial charge is 0.492 e. The van der Waals surface area contributed by atoms with Crippen LogP contribution in [-0.4, -0.2) is 51.8 Å². The van der Waals surface area contributed by atoms with Gasteiger partial charge in [-0.1, -0.05) is 6.42 Å². The molecule has 1 N–H and O–H groups in total. The van der Waals surface area contributed by atoms with E-state index in [0.717, 1.165) is 31.9 Å². The molecule has 1 aromatic carbocycles. The molecule has 0 amide bonds. The van der Waals surface area contributed by atoms with Crippen molar-refractivity contribution in [2.75, 3.05) is 31.6 Å². The van der Waals surface area contributed by atoms with Crippen LogP contribution in [0.5, 0.6) is 5.75 Å². The van der Waals surface area contributed by atoms with Crippen molar-refractivity contribution in [3.05, 3.63) is 42.5 Å². The predicted octanol–water partition coefficient (Wildman–Crippen LogP) is 3.19. The molecule has 0 radical (unpaired) electrons. The van der Waals surface area contributed by atoms with Gasteiger partial charge >= 0.3 is 0 Å². The van der Waals surface area contributed by atoms with Gasteiger partial charge < -0.3 is 10.1 Å². The van der Waals surface area contributed by atoms with Crippen LogP contribution in [0.2, 0.25) is 0 Å². The van der Waals surface area contributed by atoms with Crippen LogP contribution < -0.4 is 10.1 Å². The van der Waals surface area contributed by atoms with Gasteiger partial charge in [0.25, 0.3) is 0 Å². The minimum Gasteiger partial charge on any atom is -0.492 e. The average molecular weight is 367 g/mol. The maximum Gasteiger partial charge on any atom is 0.165 e. The van der Waals surface area contributed by atoms with Crippen LogP contribution >= 0.6 is 0 Å². The van der Waals surface area contributed by atoms with Crippen LogP contribution in [0.3, 0.4) is 0 Å². The van der Waals surface area contributed by atoms with Gasteiger partial charge in [0.05, 0.1) is 6.20 Å². The molecule has 1 saturated heterocycles. The summed E-state index contributed by atoms with van der Waals surface area (Å²) in [6, 6.07) is 7.20. The quantitative estimate of drug-likeness (QED) is 0.661. The molecule has 2 aliphatic heterocycles. The number of fused-ring (bicyclic) bond motifs is 5. The van der Waals surface area contributed by atoms with Crippen molar-refractivity contribution < 1.29 is 9.13 Å². The molecule has 5 rings (SSSR count). The van der Waals surface area contributed by atoms with E-state index in [4.69, 9.17) is 4.74 Å². The Bertz CT molecular complexity index is 972. The molecule has 0 unspecified atom stereocenters. The summed E-state index contributed by atoms with van der Waals surface area (Å²) in [5, 5.41) is 7.71. The van der Waals surface area contributed by atoms with E-state index in [1.807, 2.05) is 12.3 Å². The summed E-state index contributed by atoms with van der Waals surface area (Å²) in [6.07, 6.45) is 7.09. The molecule has 0 spiro atoms. The first kappa shape index (κ1) is 16.5. The second kappa shape index (κ2) is 6.81. The summed E-state index contributed by atoms with van der Waals surface area (Å²) in [4.78, 5) is 7.15. The number of ether oxygens (including phenoxy) is 1. The Labute approximate surface area is 157 Å². The fourth-order valence-electron chi connectivity index (χ4n) is 4.02. The molecule has 1 atom stereocenters. The van der Waals surface area contributed by atoms with Gasteiger partial charge in [-0.2, -0.15) is 5.10 Å². The topological polar surface area (TPSA) is 54.7 Å². The lowest BCUT2D eigenvalue weighted by Gasteiger charge is -2.35. The summed E-state index contributed by atoms with van der Waals surface area (Å²) >= 11 is 0. The van der Waals surface area contributed by atoms with Crippen LogP contribution in [0.1, 0.15) is 19.3 Å². The molecule has 0 saturated carbocycles. The van der Waals surface area contributed by atoms with Gasteiger partial charge in [-0.3, -0.25) is 4.90 Å². The number of piperidine rings is 1. The molecule has 1 fully saturated rings. The fraction of sp³-hybridized carbons (Fsp3) is 0.400. The van der Waals surface area contributed by atoms with E-state index in [9.17, 15) is 4.39 Å². The second-order valence-corrected chi connectivity index (χ2v) is 7.20. The van der Waals surface area contributed by atoms with Gasteiger partial charge in [-0.05, 0) is 43.7 Å². The standard InChI is InChI=1S/C20H22FN5O/c21-18-5-4-15-11-16(18)17-12-23-26-9-6-19(24-20(17)26)22-7-10-25-8-2-1-3-14(25)13-27-15/h4-6,9,11-12,14H,1-3,7-8,10,13H2,(H,22,24)/t14-/m0/s1. The lowest BCUT2D eigenvalue weighted by atomic mass is 10.0. The molecule has 140 valence electrons. The maximum absolute atomic E-state index is 14.6. The second-order valence-electron chi connectivity index (χ2n) is 7.20. The molecular weight excluding hydrogens is 345 g/mol. The highest BCUT2D eigenvalue weighted by Crippen LogP contribution is 2.30. The smallest absolute Gasteiger partial charge is 0.165 e.